The molecule has 1 aliphatic heterocycles. The molecule has 0 saturated carbocycles. The summed E-state index contributed by atoms with van der Waals surface area (Å²) in [6, 6.07) is -12.9. The summed E-state index contributed by atoms with van der Waals surface area (Å²) in [5.41, 5.74) is 21.8. The molecule has 1 aliphatic rings. The fourth-order valence-corrected chi connectivity index (χ4v) is 7.69. The summed E-state index contributed by atoms with van der Waals surface area (Å²) in [5.74, 6) is -16.9. The normalized spacial score (nSPS) is 15.4. The summed E-state index contributed by atoms with van der Waals surface area (Å²) < 4.78 is 0. The fraction of sp³-hybridized carbons (Fsp3) is 0.591. The Morgan fingerprint density at radius 3 is 1.73 bits per heavy atom. The van der Waals surface area contributed by atoms with Crippen LogP contribution in [0.3, 0.4) is 0 Å². The maximum Gasteiger partial charge on any atom is 0.305 e. The van der Waals surface area contributed by atoms with Crippen molar-refractivity contribution in [1.29, 1.82) is 0 Å². The predicted molar refractivity (Wildman–Crippen MR) is 265 cm³/mol. The quantitative estimate of drug-likeness (QED) is 0.0169. The van der Waals surface area contributed by atoms with Crippen LogP contribution >= 0.6 is 0 Å². The molecule has 2 heterocycles. The van der Waals surface area contributed by atoms with Crippen molar-refractivity contribution in [1.82, 2.24) is 57.4 Å². The number of amides is 10. The van der Waals surface area contributed by atoms with Gasteiger partial charge in [-0.15, -0.1) is 0 Å². The van der Waals surface area contributed by atoms with E-state index in [2.05, 4.69) is 57.5 Å². The lowest BCUT2D eigenvalue weighted by molar-refractivity contribution is -0.146. The van der Waals surface area contributed by atoms with Gasteiger partial charge in [-0.25, -0.2) is 4.98 Å². The second kappa shape index (κ2) is 33.1. The first-order chi connectivity index (χ1) is 36.7. The van der Waals surface area contributed by atoms with Crippen molar-refractivity contribution in [2.75, 3.05) is 26.2 Å². The Hall–Kier alpha value is -8.98. The third-order valence-electron chi connectivity index (χ3n) is 11.4. The van der Waals surface area contributed by atoms with E-state index in [4.69, 9.17) is 22.9 Å². The number of rotatable bonds is 36. The van der Waals surface area contributed by atoms with E-state index in [9.17, 15) is 87.5 Å². The van der Waals surface area contributed by atoms with Crippen molar-refractivity contribution in [2.45, 2.75) is 139 Å². The van der Waals surface area contributed by atoms with Crippen molar-refractivity contribution in [3.8, 4) is 0 Å². The molecule has 0 radical (unpaired) electrons. The van der Waals surface area contributed by atoms with Crippen LogP contribution < -0.4 is 65.5 Å². The maximum absolute atomic E-state index is 14.2. The number of likely N-dealkylation sites (tertiary alicyclic amines) is 1. The standard InChI is InChI=1S/C44H68N16O18/c1-21(61)53-23(6-2-3-11-45)38(73)58-28(16-34(67)68)37(72)51-19-31(62)54-29(17-35(69)70)43(78)60-13-5-8-30(60)42(77)59-27(14-22-18-49-20-52-22)41(76)55-24(7-4-12-50-44(47)48)39(74)56-25(9-10-32(63)64)40(75)57-26(36(46)71)15-33(65)66/h18,20,23-30H,2-17,19,45H2,1H3,(H2,46,71)(H,49,52)(H,51,72)(H,53,61)(H,54,62)(H,55,76)(H,56,74)(H,57,75)(H,58,73)(H,59,77)(H,63,64)(H,65,66)(H,67,68)(H,69,70)(H4,47,48,50)/t23-,24-,25-,26-,27-,28-,29-,30-/m0/s1. The number of nitrogens with one attached hydrogen (secondary N) is 9. The summed E-state index contributed by atoms with van der Waals surface area (Å²) in [6.07, 6.45) is -1.31. The van der Waals surface area contributed by atoms with E-state index in [1.165, 1.54) is 12.5 Å². The van der Waals surface area contributed by atoms with Crippen LogP contribution in [0, 0.1) is 0 Å². The number of nitrogens with zero attached hydrogens (tertiary/aromatic N) is 3. The molecule has 0 spiro atoms. The predicted octanol–water partition coefficient (Wildman–Crippen LogP) is -7.57. The largest absolute Gasteiger partial charge is 0.481 e. The molecule has 34 nitrogen and oxygen atoms in total. The molecule has 432 valence electrons. The Labute approximate surface area is 444 Å². The summed E-state index contributed by atoms with van der Waals surface area (Å²) in [7, 11) is 0. The van der Waals surface area contributed by atoms with E-state index in [1.807, 2.05) is 0 Å². The third-order valence-corrected chi connectivity index (χ3v) is 11.4. The minimum atomic E-state index is -1.87. The Balaban J connectivity index is 2.37. The second-order valence-corrected chi connectivity index (χ2v) is 17.7. The molecule has 1 aromatic rings. The second-order valence-electron chi connectivity index (χ2n) is 17.7. The van der Waals surface area contributed by atoms with E-state index in [1.54, 1.807) is 0 Å². The first-order valence-corrected chi connectivity index (χ1v) is 24.3. The third kappa shape index (κ3) is 24.1. The number of hydrogen-bond donors (Lipinski definition) is 17. The molecule has 21 N–H and O–H groups in total. The van der Waals surface area contributed by atoms with Gasteiger partial charge in [0, 0.05) is 44.7 Å². The summed E-state index contributed by atoms with van der Waals surface area (Å²) in [6.45, 7) is 0.188. The zero-order valence-corrected chi connectivity index (χ0v) is 42.4. The summed E-state index contributed by atoms with van der Waals surface area (Å²) >= 11 is 0. The average Bonchev–Trinajstić information content (AvgIpc) is 4.07. The van der Waals surface area contributed by atoms with Gasteiger partial charge in [0.1, 0.15) is 48.3 Å². The van der Waals surface area contributed by atoms with Gasteiger partial charge < -0.3 is 95.8 Å². The number of carbonyl (C=O) groups excluding carboxylic acids is 10. The van der Waals surface area contributed by atoms with Crippen LogP contribution in [-0.2, 0) is 73.5 Å². The summed E-state index contributed by atoms with van der Waals surface area (Å²) in [5, 5.41) is 56.0. The van der Waals surface area contributed by atoms with E-state index in [-0.39, 0.29) is 69.8 Å². The van der Waals surface area contributed by atoms with Gasteiger partial charge in [-0.05, 0) is 57.9 Å². The number of aromatic nitrogens is 2. The molecule has 0 aromatic carbocycles. The SMILES string of the molecule is CC(=O)N[C@@H](CCCCN)C(=O)N[C@@H](CC(=O)O)C(=O)NCC(=O)N[C@@H](CC(=O)O)C(=O)N1CCC[C@H]1C(=O)N[C@@H](Cc1cnc[nH]1)C(=O)N[C@@H](CCCN=C(N)N)C(=O)N[C@@H](CCC(=O)O)C(=O)N[C@@H](CC(=O)O)C(N)=O. The molecule has 0 aliphatic carbocycles. The van der Waals surface area contributed by atoms with Crippen molar-refractivity contribution in [2.24, 2.45) is 27.9 Å². The number of nitrogens with two attached hydrogens (primary N) is 4. The van der Waals surface area contributed by atoms with Crippen LogP contribution in [-0.4, -0.2) is 199 Å². The highest BCUT2D eigenvalue weighted by Gasteiger charge is 2.41. The van der Waals surface area contributed by atoms with Crippen LogP contribution in [0.4, 0.5) is 0 Å². The zero-order valence-electron chi connectivity index (χ0n) is 42.4. The molecular weight excluding hydrogens is 1040 g/mol. The number of carbonyl (C=O) groups is 14. The summed E-state index contributed by atoms with van der Waals surface area (Å²) in [4.78, 5) is 190. The molecule has 34 heteroatoms. The van der Waals surface area contributed by atoms with Crippen molar-refractivity contribution in [3.05, 3.63) is 18.2 Å². The van der Waals surface area contributed by atoms with Crippen LogP contribution in [0.2, 0.25) is 0 Å². The number of aromatic amines is 1. The van der Waals surface area contributed by atoms with Crippen LogP contribution in [0.15, 0.2) is 17.5 Å². The number of carboxylic acids is 4. The molecular formula is C44H68N16O18. The lowest BCUT2D eigenvalue weighted by Crippen LogP contribution is -2.60. The average molecular weight is 1110 g/mol. The van der Waals surface area contributed by atoms with E-state index < -0.39 is 170 Å². The van der Waals surface area contributed by atoms with Gasteiger partial charge in [-0.2, -0.15) is 0 Å². The smallest absolute Gasteiger partial charge is 0.305 e. The number of unbranched alkanes of at least 4 members (excludes halogenated alkanes) is 1. The number of guanidine groups is 1. The lowest BCUT2D eigenvalue weighted by atomic mass is 10.0. The molecule has 8 atom stereocenters. The maximum atomic E-state index is 14.2. The van der Waals surface area contributed by atoms with Crippen molar-refractivity contribution < 1.29 is 87.5 Å². The minimum absolute atomic E-state index is 0.0109. The van der Waals surface area contributed by atoms with Gasteiger partial charge >= 0.3 is 23.9 Å². The Kier molecular flexibility index (Phi) is 27.7. The molecule has 1 fully saturated rings. The van der Waals surface area contributed by atoms with E-state index in [0.29, 0.717) is 12.8 Å². The van der Waals surface area contributed by atoms with Gasteiger partial charge in [0.2, 0.25) is 59.1 Å². The highest BCUT2D eigenvalue weighted by atomic mass is 16.4. The molecule has 1 aromatic heterocycles. The number of imidazole rings is 1. The molecule has 1 saturated heterocycles. The molecule has 0 unspecified atom stereocenters. The van der Waals surface area contributed by atoms with Gasteiger partial charge in [-0.3, -0.25) is 72.1 Å². The zero-order chi connectivity index (χ0) is 58.6. The van der Waals surface area contributed by atoms with Gasteiger partial charge in [0.05, 0.1) is 32.1 Å². The number of hydrogen-bond acceptors (Lipinski definition) is 17. The van der Waals surface area contributed by atoms with Crippen molar-refractivity contribution >= 4 is 88.9 Å². The number of carboxylic acid groups (broad SMARTS) is 4. The Morgan fingerprint density at radius 1 is 0.654 bits per heavy atom. The fourth-order valence-electron chi connectivity index (χ4n) is 7.69. The van der Waals surface area contributed by atoms with Crippen LogP contribution in [0.5, 0.6) is 0 Å². The first-order valence-electron chi connectivity index (χ1n) is 24.3. The van der Waals surface area contributed by atoms with Crippen LogP contribution in [0.25, 0.3) is 0 Å². The van der Waals surface area contributed by atoms with Gasteiger partial charge in [0.15, 0.2) is 5.96 Å². The molecule has 2 rings (SSSR count). The lowest BCUT2D eigenvalue weighted by Gasteiger charge is -2.30. The first kappa shape index (κ1) is 65.1. The van der Waals surface area contributed by atoms with E-state index in [0.717, 1.165) is 11.8 Å². The molecule has 78 heavy (non-hydrogen) atoms. The number of aliphatic carboxylic acids is 4. The number of H-pyrrole nitrogens is 1. The van der Waals surface area contributed by atoms with E-state index >= 15 is 0 Å². The highest BCUT2D eigenvalue weighted by Crippen LogP contribution is 2.20. The highest BCUT2D eigenvalue weighted by molar-refractivity contribution is 5.99. The molecule has 10 amide bonds. The Morgan fingerprint density at radius 2 is 1.19 bits per heavy atom. The van der Waals surface area contributed by atoms with Crippen LogP contribution in [0.1, 0.15) is 89.7 Å². The minimum Gasteiger partial charge on any atom is -0.481 e. The monoisotopic (exact) mass is 1110 g/mol. The number of primary amides is 1. The van der Waals surface area contributed by atoms with Gasteiger partial charge in [-0.1, -0.05) is 0 Å². The topological polar surface area (TPSA) is 564 Å². The number of aliphatic imine (C=N–C) groups is 1. The van der Waals surface area contributed by atoms with Crippen molar-refractivity contribution in [3.63, 3.8) is 0 Å². The van der Waals surface area contributed by atoms with Gasteiger partial charge in [0.25, 0.3) is 0 Å². The Bertz CT molecular complexity index is 2360. The molecule has 0 bridgehead atoms.